The van der Waals surface area contributed by atoms with Crippen molar-refractivity contribution < 1.29 is 0 Å². The summed E-state index contributed by atoms with van der Waals surface area (Å²) in [7, 11) is 0. The average Bonchev–Trinajstić information content (AvgIpc) is 2.18. The van der Waals surface area contributed by atoms with Gasteiger partial charge in [0, 0.05) is 6.04 Å². The van der Waals surface area contributed by atoms with E-state index in [0.717, 1.165) is 12.8 Å². The molecule has 0 aromatic heterocycles. The fourth-order valence-corrected chi connectivity index (χ4v) is 1.63. The highest BCUT2D eigenvalue weighted by molar-refractivity contribution is 5.27. The van der Waals surface area contributed by atoms with Crippen molar-refractivity contribution in [2.45, 2.75) is 45.6 Å². The lowest BCUT2D eigenvalue weighted by Gasteiger charge is -2.13. The molecule has 0 bridgehead atoms. The fourth-order valence-electron chi connectivity index (χ4n) is 1.63. The van der Waals surface area contributed by atoms with E-state index in [0.29, 0.717) is 5.92 Å². The van der Waals surface area contributed by atoms with Crippen LogP contribution in [-0.2, 0) is 0 Å². The number of hydrogen-bond donors (Lipinski definition) is 1. The molecule has 0 saturated carbocycles. The average molecular weight is 191 g/mol. The van der Waals surface area contributed by atoms with Gasteiger partial charge in [0.1, 0.15) is 0 Å². The van der Waals surface area contributed by atoms with E-state index in [2.05, 4.69) is 45.0 Å². The van der Waals surface area contributed by atoms with E-state index in [1.54, 1.807) is 0 Å². The first kappa shape index (κ1) is 11.3. The third kappa shape index (κ3) is 2.85. The minimum atomic E-state index is 0.207. The summed E-state index contributed by atoms with van der Waals surface area (Å²) in [5, 5.41) is 0. The maximum absolute atomic E-state index is 6.07. The van der Waals surface area contributed by atoms with Gasteiger partial charge in [-0.25, -0.2) is 0 Å². The maximum Gasteiger partial charge on any atom is 0.0294 e. The Morgan fingerprint density at radius 1 is 1.21 bits per heavy atom. The van der Waals surface area contributed by atoms with Gasteiger partial charge >= 0.3 is 0 Å². The Labute approximate surface area is 87.3 Å². The van der Waals surface area contributed by atoms with Crippen LogP contribution in [0.1, 0.15) is 56.7 Å². The zero-order valence-corrected chi connectivity index (χ0v) is 9.46. The lowest BCUT2D eigenvalue weighted by molar-refractivity contribution is 0.637. The van der Waals surface area contributed by atoms with Crippen LogP contribution >= 0.6 is 0 Å². The molecule has 1 rings (SSSR count). The van der Waals surface area contributed by atoms with Gasteiger partial charge in [-0.15, -0.1) is 0 Å². The minimum absolute atomic E-state index is 0.207. The quantitative estimate of drug-likeness (QED) is 0.773. The molecule has 0 spiro atoms. The third-order valence-corrected chi connectivity index (χ3v) is 2.61. The van der Waals surface area contributed by atoms with Crippen LogP contribution in [0.15, 0.2) is 24.3 Å². The molecule has 78 valence electrons. The van der Waals surface area contributed by atoms with Crippen LogP contribution in [0, 0.1) is 0 Å². The van der Waals surface area contributed by atoms with Crippen molar-refractivity contribution in [3.05, 3.63) is 35.4 Å². The van der Waals surface area contributed by atoms with Gasteiger partial charge in [0.25, 0.3) is 0 Å². The second kappa shape index (κ2) is 5.16. The van der Waals surface area contributed by atoms with Crippen LogP contribution in [0.2, 0.25) is 0 Å². The molecule has 1 atom stereocenters. The molecule has 0 heterocycles. The molecule has 1 heteroatoms. The second-order valence-electron chi connectivity index (χ2n) is 4.22. The van der Waals surface area contributed by atoms with Gasteiger partial charge in [0.15, 0.2) is 0 Å². The van der Waals surface area contributed by atoms with Crippen molar-refractivity contribution in [2.75, 3.05) is 0 Å². The first-order valence-electron chi connectivity index (χ1n) is 5.50. The molecule has 1 nitrogen and oxygen atoms in total. The molecule has 14 heavy (non-hydrogen) atoms. The van der Waals surface area contributed by atoms with Crippen LogP contribution in [0.25, 0.3) is 0 Å². The van der Waals surface area contributed by atoms with E-state index < -0.39 is 0 Å². The van der Waals surface area contributed by atoms with Gasteiger partial charge in [-0.05, 0) is 23.5 Å². The summed E-state index contributed by atoms with van der Waals surface area (Å²) in [6, 6.07) is 8.86. The fraction of sp³-hybridized carbons (Fsp3) is 0.538. The highest BCUT2D eigenvalue weighted by Crippen LogP contribution is 2.21. The predicted molar refractivity (Wildman–Crippen MR) is 62.4 cm³/mol. The summed E-state index contributed by atoms with van der Waals surface area (Å²) in [4.78, 5) is 0. The first-order chi connectivity index (χ1) is 6.65. The molecule has 0 aliphatic rings. The van der Waals surface area contributed by atoms with Crippen LogP contribution in [0.5, 0.6) is 0 Å². The van der Waals surface area contributed by atoms with Crippen molar-refractivity contribution >= 4 is 0 Å². The molecule has 0 saturated heterocycles. The molecular formula is C13H21N. The number of hydrogen-bond acceptors (Lipinski definition) is 1. The van der Waals surface area contributed by atoms with Crippen molar-refractivity contribution in [1.82, 2.24) is 0 Å². The SMILES string of the molecule is CCC[C@@H](N)c1cccc(C(C)C)c1. The monoisotopic (exact) mass is 191 g/mol. The summed E-state index contributed by atoms with van der Waals surface area (Å²) in [5.74, 6) is 0.587. The van der Waals surface area contributed by atoms with E-state index in [1.165, 1.54) is 11.1 Å². The number of nitrogens with two attached hydrogens (primary N) is 1. The van der Waals surface area contributed by atoms with Crippen LogP contribution in [-0.4, -0.2) is 0 Å². The smallest absolute Gasteiger partial charge is 0.0294 e. The molecular weight excluding hydrogens is 170 g/mol. The lowest BCUT2D eigenvalue weighted by Crippen LogP contribution is -2.10. The minimum Gasteiger partial charge on any atom is -0.324 e. The first-order valence-corrected chi connectivity index (χ1v) is 5.50. The normalized spacial score (nSPS) is 13.2. The predicted octanol–water partition coefficient (Wildman–Crippen LogP) is 3.61. The van der Waals surface area contributed by atoms with Crippen molar-refractivity contribution in [3.8, 4) is 0 Å². The molecule has 2 N–H and O–H groups in total. The number of benzene rings is 1. The van der Waals surface area contributed by atoms with Crippen molar-refractivity contribution in [2.24, 2.45) is 5.73 Å². The molecule has 0 radical (unpaired) electrons. The van der Waals surface area contributed by atoms with Crippen LogP contribution in [0.3, 0.4) is 0 Å². The van der Waals surface area contributed by atoms with Gasteiger partial charge in [0.05, 0.1) is 0 Å². The molecule has 1 aromatic rings. The molecule has 0 aliphatic carbocycles. The summed E-state index contributed by atoms with van der Waals surface area (Å²) in [6.45, 7) is 6.60. The van der Waals surface area contributed by atoms with E-state index in [9.17, 15) is 0 Å². The highest BCUT2D eigenvalue weighted by Gasteiger charge is 2.06. The van der Waals surface area contributed by atoms with Crippen molar-refractivity contribution in [3.63, 3.8) is 0 Å². The molecule has 0 amide bonds. The third-order valence-electron chi connectivity index (χ3n) is 2.61. The Morgan fingerprint density at radius 2 is 1.86 bits per heavy atom. The Hall–Kier alpha value is -0.820. The van der Waals surface area contributed by atoms with E-state index in [1.807, 2.05) is 0 Å². The van der Waals surface area contributed by atoms with Gasteiger partial charge in [-0.3, -0.25) is 0 Å². The Kier molecular flexibility index (Phi) is 4.15. The number of rotatable bonds is 4. The maximum atomic E-state index is 6.07. The summed E-state index contributed by atoms with van der Waals surface area (Å²) < 4.78 is 0. The molecule has 1 aromatic carbocycles. The van der Waals surface area contributed by atoms with E-state index in [-0.39, 0.29) is 6.04 Å². The zero-order valence-electron chi connectivity index (χ0n) is 9.46. The van der Waals surface area contributed by atoms with E-state index in [4.69, 9.17) is 5.73 Å². The van der Waals surface area contributed by atoms with Gasteiger partial charge in [-0.2, -0.15) is 0 Å². The Balaban J connectivity index is 2.82. The van der Waals surface area contributed by atoms with Gasteiger partial charge < -0.3 is 5.73 Å². The van der Waals surface area contributed by atoms with E-state index >= 15 is 0 Å². The Morgan fingerprint density at radius 3 is 2.43 bits per heavy atom. The summed E-state index contributed by atoms with van der Waals surface area (Å²) >= 11 is 0. The van der Waals surface area contributed by atoms with Gasteiger partial charge in [0.2, 0.25) is 0 Å². The van der Waals surface area contributed by atoms with Gasteiger partial charge in [-0.1, -0.05) is 51.5 Å². The zero-order chi connectivity index (χ0) is 10.6. The molecule has 0 aliphatic heterocycles. The van der Waals surface area contributed by atoms with Crippen molar-refractivity contribution in [1.29, 1.82) is 0 Å². The summed E-state index contributed by atoms with van der Waals surface area (Å²) in [6.07, 6.45) is 2.22. The lowest BCUT2D eigenvalue weighted by atomic mass is 9.96. The van der Waals surface area contributed by atoms with Crippen LogP contribution < -0.4 is 5.73 Å². The second-order valence-corrected chi connectivity index (χ2v) is 4.22. The summed E-state index contributed by atoms with van der Waals surface area (Å²) in [5.41, 5.74) is 8.73. The standard InChI is InChI=1S/C13H21N/c1-4-6-13(14)12-8-5-7-11(9-12)10(2)3/h5,7-10,13H,4,6,14H2,1-3H3/t13-/m1/s1. The van der Waals surface area contributed by atoms with Crippen LogP contribution in [0.4, 0.5) is 0 Å². The topological polar surface area (TPSA) is 26.0 Å². The molecule has 0 unspecified atom stereocenters. The highest BCUT2D eigenvalue weighted by atomic mass is 14.6. The molecule has 0 fully saturated rings. The largest absolute Gasteiger partial charge is 0.324 e. The Bertz CT molecular complexity index is 278.